The second kappa shape index (κ2) is 10.2. The number of para-hydroxylation sites is 1. The number of thioether (sulfide) groups is 1. The topological polar surface area (TPSA) is 115 Å². The van der Waals surface area contributed by atoms with Gasteiger partial charge in [-0.3, -0.25) is 29.4 Å². The molecular formula is C23H17IN4O5S. The van der Waals surface area contributed by atoms with Gasteiger partial charge in [-0.05, 0) is 76.8 Å². The maximum Gasteiger partial charge on any atom is 0.294 e. The van der Waals surface area contributed by atoms with Crippen LogP contribution in [0.4, 0.5) is 16.2 Å². The summed E-state index contributed by atoms with van der Waals surface area (Å²) in [6.45, 7) is -0.177. The van der Waals surface area contributed by atoms with E-state index in [9.17, 15) is 24.5 Å². The molecule has 172 valence electrons. The number of aromatic nitrogens is 1. The quantitative estimate of drug-likeness (QED) is 0.185. The molecular weight excluding hydrogens is 571 g/mol. The molecule has 0 saturated carbocycles. The third kappa shape index (κ3) is 5.37. The lowest BCUT2D eigenvalue weighted by Gasteiger charge is -2.12. The van der Waals surface area contributed by atoms with Crippen molar-refractivity contribution in [2.24, 2.45) is 0 Å². The Balaban J connectivity index is 1.48. The van der Waals surface area contributed by atoms with Crippen LogP contribution in [0.15, 0.2) is 71.8 Å². The first kappa shape index (κ1) is 23.7. The van der Waals surface area contributed by atoms with E-state index in [-0.39, 0.29) is 17.1 Å². The molecule has 3 amide bonds. The predicted molar refractivity (Wildman–Crippen MR) is 137 cm³/mol. The fourth-order valence-electron chi connectivity index (χ4n) is 3.36. The summed E-state index contributed by atoms with van der Waals surface area (Å²) in [6, 6.07) is 17.0. The summed E-state index contributed by atoms with van der Waals surface area (Å²) in [6.07, 6.45) is 3.29. The number of carbonyl (C=O) groups is 3. The number of rotatable bonds is 7. The molecule has 0 bridgehead atoms. The number of nitrogens with one attached hydrogen (secondary N) is 1. The average molecular weight is 588 g/mol. The number of nitrogens with zero attached hydrogens (tertiary/aromatic N) is 3. The van der Waals surface area contributed by atoms with Gasteiger partial charge in [0.1, 0.15) is 6.54 Å². The third-order valence-electron chi connectivity index (χ3n) is 4.98. The summed E-state index contributed by atoms with van der Waals surface area (Å²) in [7, 11) is 0. The first-order chi connectivity index (χ1) is 16.3. The minimum atomic E-state index is -0.564. The van der Waals surface area contributed by atoms with Gasteiger partial charge in [-0.15, -0.1) is 0 Å². The molecule has 1 aliphatic heterocycles. The number of hydrogen-bond acceptors (Lipinski definition) is 6. The molecule has 34 heavy (non-hydrogen) atoms. The summed E-state index contributed by atoms with van der Waals surface area (Å²) in [5.41, 5.74) is 1.69. The van der Waals surface area contributed by atoms with E-state index >= 15 is 0 Å². The molecule has 9 nitrogen and oxygen atoms in total. The molecule has 1 N–H and O–H groups in total. The smallest absolute Gasteiger partial charge is 0.294 e. The third-order valence-corrected chi connectivity index (χ3v) is 6.60. The molecule has 11 heteroatoms. The van der Waals surface area contributed by atoms with Gasteiger partial charge in [0, 0.05) is 32.8 Å². The zero-order valence-electron chi connectivity index (χ0n) is 17.5. The Labute approximate surface area is 212 Å². The number of imide groups is 1. The highest BCUT2D eigenvalue weighted by atomic mass is 127. The first-order valence-electron chi connectivity index (χ1n) is 10.00. The molecule has 0 unspecified atom stereocenters. The van der Waals surface area contributed by atoms with Gasteiger partial charge in [0.25, 0.3) is 16.8 Å². The molecule has 1 saturated heterocycles. The van der Waals surface area contributed by atoms with Crippen LogP contribution in [0.2, 0.25) is 0 Å². The van der Waals surface area contributed by atoms with Gasteiger partial charge in [-0.25, -0.2) is 0 Å². The molecule has 2 heterocycles. The van der Waals surface area contributed by atoms with Crippen molar-refractivity contribution in [1.82, 2.24) is 9.47 Å². The molecule has 0 radical (unpaired) electrons. The predicted octanol–water partition coefficient (Wildman–Crippen LogP) is 4.72. The van der Waals surface area contributed by atoms with E-state index in [0.29, 0.717) is 16.9 Å². The molecule has 0 spiro atoms. The van der Waals surface area contributed by atoms with Crippen molar-refractivity contribution in [3.8, 4) is 0 Å². The Morgan fingerprint density at radius 1 is 1.09 bits per heavy atom. The second-order valence-electron chi connectivity index (χ2n) is 7.27. The molecule has 1 aromatic heterocycles. The van der Waals surface area contributed by atoms with Gasteiger partial charge in [0.05, 0.1) is 16.4 Å². The van der Waals surface area contributed by atoms with E-state index in [1.165, 1.54) is 6.07 Å². The summed E-state index contributed by atoms with van der Waals surface area (Å²) < 4.78 is 2.76. The Morgan fingerprint density at radius 3 is 2.56 bits per heavy atom. The molecule has 4 rings (SSSR count). The highest BCUT2D eigenvalue weighted by Crippen LogP contribution is 2.32. The lowest BCUT2D eigenvalue weighted by atomic mass is 10.2. The zero-order valence-corrected chi connectivity index (χ0v) is 20.5. The van der Waals surface area contributed by atoms with Crippen LogP contribution in [0, 0.1) is 13.7 Å². The van der Waals surface area contributed by atoms with Crippen LogP contribution >= 0.6 is 34.4 Å². The highest BCUT2D eigenvalue weighted by molar-refractivity contribution is 14.1. The number of hydrogen-bond donors (Lipinski definition) is 1. The molecule has 2 aromatic carbocycles. The fourth-order valence-corrected chi connectivity index (χ4v) is 4.54. The van der Waals surface area contributed by atoms with Gasteiger partial charge >= 0.3 is 0 Å². The first-order valence-corrected chi connectivity index (χ1v) is 11.9. The summed E-state index contributed by atoms with van der Waals surface area (Å²) >= 11 is 2.90. The van der Waals surface area contributed by atoms with Crippen molar-refractivity contribution in [2.75, 3.05) is 11.9 Å². The molecule has 3 aromatic rings. The molecule has 0 atom stereocenters. The van der Waals surface area contributed by atoms with Crippen LogP contribution in [0.5, 0.6) is 0 Å². The van der Waals surface area contributed by atoms with Crippen molar-refractivity contribution in [3.05, 3.63) is 96.7 Å². The van der Waals surface area contributed by atoms with Gasteiger partial charge in [-0.1, -0.05) is 18.2 Å². The Bertz CT molecular complexity index is 1320. The molecule has 0 aliphatic carbocycles. The van der Waals surface area contributed by atoms with E-state index in [1.807, 2.05) is 12.1 Å². The largest absolute Gasteiger partial charge is 0.343 e. The normalized spacial score (nSPS) is 14.6. The van der Waals surface area contributed by atoms with E-state index in [2.05, 4.69) is 27.9 Å². The number of nitro groups is 1. The number of anilines is 1. The lowest BCUT2D eigenvalue weighted by Crippen LogP contribution is -2.36. The number of benzene rings is 2. The molecule has 1 fully saturated rings. The fraction of sp³-hybridized carbons (Fsp3) is 0.0870. The standard InChI is InChI=1S/C23H17IN4O5S/c24-16-7-9-17(10-8-16)25-21(29)14-27-22(30)20(34-23(27)31)12-18-5-3-11-26(18)13-15-4-1-2-6-19(15)28(32)33/h1-12H,13-14H2,(H,25,29)/b20-12+. The second-order valence-corrected chi connectivity index (χ2v) is 9.51. The van der Waals surface area contributed by atoms with Crippen LogP contribution in [-0.2, 0) is 16.1 Å². The number of nitro benzene ring substituents is 1. The SMILES string of the molecule is O=C(CN1C(=O)S/C(=C/c2cccn2Cc2ccccc2[N+](=O)[O-])C1=O)Nc1ccc(I)cc1. The number of halogens is 1. The number of amides is 3. The van der Waals surface area contributed by atoms with E-state index in [1.54, 1.807) is 59.3 Å². The van der Waals surface area contributed by atoms with E-state index in [4.69, 9.17) is 0 Å². The minimum Gasteiger partial charge on any atom is -0.343 e. The van der Waals surface area contributed by atoms with Crippen LogP contribution in [0.1, 0.15) is 11.3 Å². The van der Waals surface area contributed by atoms with Crippen LogP contribution in [0.25, 0.3) is 6.08 Å². The zero-order chi connectivity index (χ0) is 24.2. The van der Waals surface area contributed by atoms with Crippen molar-refractivity contribution in [2.45, 2.75) is 6.54 Å². The number of carbonyl (C=O) groups excluding carboxylic acids is 3. The van der Waals surface area contributed by atoms with Gasteiger partial charge < -0.3 is 9.88 Å². The van der Waals surface area contributed by atoms with E-state index < -0.39 is 28.5 Å². The van der Waals surface area contributed by atoms with Gasteiger partial charge in [-0.2, -0.15) is 0 Å². The Morgan fingerprint density at radius 2 is 1.82 bits per heavy atom. The van der Waals surface area contributed by atoms with Crippen LogP contribution < -0.4 is 5.32 Å². The van der Waals surface area contributed by atoms with E-state index in [0.717, 1.165) is 20.2 Å². The lowest BCUT2D eigenvalue weighted by molar-refractivity contribution is -0.385. The Hall–Kier alpha value is -3.45. The van der Waals surface area contributed by atoms with Crippen LogP contribution in [-0.4, -0.2) is 38.0 Å². The maximum atomic E-state index is 12.8. The summed E-state index contributed by atoms with van der Waals surface area (Å²) in [5, 5.41) is 13.4. The maximum absolute atomic E-state index is 12.8. The van der Waals surface area contributed by atoms with Crippen molar-refractivity contribution < 1.29 is 19.3 Å². The van der Waals surface area contributed by atoms with Crippen molar-refractivity contribution >= 4 is 68.9 Å². The summed E-state index contributed by atoms with van der Waals surface area (Å²) in [4.78, 5) is 49.5. The monoisotopic (exact) mass is 588 g/mol. The minimum absolute atomic E-state index is 0.00149. The van der Waals surface area contributed by atoms with Crippen LogP contribution in [0.3, 0.4) is 0 Å². The van der Waals surface area contributed by atoms with Crippen molar-refractivity contribution in [1.29, 1.82) is 0 Å². The highest BCUT2D eigenvalue weighted by Gasteiger charge is 2.36. The molecule has 1 aliphatic rings. The van der Waals surface area contributed by atoms with Gasteiger partial charge in [0.15, 0.2) is 0 Å². The average Bonchev–Trinajstić information content (AvgIpc) is 3.34. The summed E-state index contributed by atoms with van der Waals surface area (Å²) in [5.74, 6) is -1.05. The van der Waals surface area contributed by atoms with Crippen molar-refractivity contribution in [3.63, 3.8) is 0 Å². The Kier molecular flexibility index (Phi) is 7.12. The van der Waals surface area contributed by atoms with Gasteiger partial charge in [0.2, 0.25) is 5.91 Å².